The lowest BCUT2D eigenvalue weighted by Crippen LogP contribution is -2.31. The predicted molar refractivity (Wildman–Crippen MR) is 103 cm³/mol. The Balaban J connectivity index is 0.00000264. The van der Waals surface area contributed by atoms with Crippen molar-refractivity contribution in [2.45, 2.75) is 26.3 Å². The van der Waals surface area contributed by atoms with Gasteiger partial charge in [-0.3, -0.25) is 4.79 Å². The van der Waals surface area contributed by atoms with Crippen LogP contribution >= 0.6 is 24.8 Å². The number of likely N-dealkylation sites (tertiary alicyclic amines) is 1. The highest BCUT2D eigenvalue weighted by Gasteiger charge is 2.24. The number of hydrogen-bond donors (Lipinski definition) is 1. The number of nitrogens with zero attached hydrogens (tertiary/aromatic N) is 2. The molecule has 0 aromatic heterocycles. The minimum atomic E-state index is 0. The maximum absolute atomic E-state index is 12.3. The fourth-order valence-corrected chi connectivity index (χ4v) is 2.68. The van der Waals surface area contributed by atoms with Crippen molar-refractivity contribution < 1.29 is 9.53 Å². The minimum Gasteiger partial charge on any atom is -0.492 e. The molecule has 1 fully saturated rings. The third-order valence-electron chi connectivity index (χ3n) is 4.18. The largest absolute Gasteiger partial charge is 0.492 e. The predicted octanol–water partition coefficient (Wildman–Crippen LogP) is 2.42. The first-order chi connectivity index (χ1) is 10.6. The number of likely N-dealkylation sites (N-methyl/N-ethyl adjacent to an activating group) is 1. The zero-order valence-corrected chi connectivity index (χ0v) is 16.1. The standard InChI is InChI=1S/C17H27N3O2.2ClH/c1-3-19(4-2)11-12-22-16-7-5-14(6-8-16)17(21)20-10-9-15(18)13-20;;/h5-8,15H,3-4,9-13,18H2,1-2H3;2*1H/t15-;;/m1../s1. The molecule has 1 aliphatic rings. The highest BCUT2D eigenvalue weighted by Crippen LogP contribution is 2.16. The quantitative estimate of drug-likeness (QED) is 0.792. The summed E-state index contributed by atoms with van der Waals surface area (Å²) in [6.07, 6.45) is 0.887. The third kappa shape index (κ3) is 6.48. The molecule has 2 N–H and O–H groups in total. The van der Waals surface area contributed by atoms with Gasteiger partial charge in [-0.2, -0.15) is 0 Å². The second kappa shape index (κ2) is 11.5. The van der Waals surface area contributed by atoms with Crippen LogP contribution in [0.25, 0.3) is 0 Å². The van der Waals surface area contributed by atoms with Crippen molar-refractivity contribution in [2.75, 3.05) is 39.3 Å². The van der Waals surface area contributed by atoms with Gasteiger partial charge >= 0.3 is 0 Å². The molecule has 1 aromatic carbocycles. The second-order valence-corrected chi connectivity index (χ2v) is 5.70. The molecule has 0 aliphatic carbocycles. The topological polar surface area (TPSA) is 58.8 Å². The molecule has 7 heteroatoms. The molecule has 0 radical (unpaired) electrons. The molecule has 138 valence electrons. The second-order valence-electron chi connectivity index (χ2n) is 5.70. The summed E-state index contributed by atoms with van der Waals surface area (Å²) in [4.78, 5) is 16.4. The molecule has 24 heavy (non-hydrogen) atoms. The van der Waals surface area contributed by atoms with E-state index < -0.39 is 0 Å². The van der Waals surface area contributed by atoms with Crippen molar-refractivity contribution in [1.82, 2.24) is 9.80 Å². The van der Waals surface area contributed by atoms with Gasteiger partial charge in [-0.15, -0.1) is 24.8 Å². The number of rotatable bonds is 7. The van der Waals surface area contributed by atoms with Crippen LogP contribution in [0.1, 0.15) is 30.6 Å². The molecule has 0 unspecified atom stereocenters. The lowest BCUT2D eigenvalue weighted by molar-refractivity contribution is 0.0791. The minimum absolute atomic E-state index is 0. The van der Waals surface area contributed by atoms with E-state index in [-0.39, 0.29) is 36.8 Å². The van der Waals surface area contributed by atoms with Crippen molar-refractivity contribution in [3.05, 3.63) is 29.8 Å². The summed E-state index contributed by atoms with van der Waals surface area (Å²) in [7, 11) is 0. The van der Waals surface area contributed by atoms with Crippen LogP contribution in [-0.2, 0) is 0 Å². The average molecular weight is 378 g/mol. The number of carbonyl (C=O) groups excluding carboxylic acids is 1. The Morgan fingerprint density at radius 3 is 2.38 bits per heavy atom. The number of halogens is 2. The van der Waals surface area contributed by atoms with Crippen molar-refractivity contribution in [3.63, 3.8) is 0 Å². The van der Waals surface area contributed by atoms with E-state index in [1.165, 1.54) is 0 Å². The molecule has 0 spiro atoms. The summed E-state index contributed by atoms with van der Waals surface area (Å²) in [5.41, 5.74) is 6.55. The molecular weight excluding hydrogens is 349 g/mol. The Kier molecular flexibility index (Phi) is 11.0. The van der Waals surface area contributed by atoms with Crippen LogP contribution in [-0.4, -0.2) is 61.1 Å². The van der Waals surface area contributed by atoms with Gasteiger partial charge < -0.3 is 20.3 Å². The van der Waals surface area contributed by atoms with Crippen molar-refractivity contribution in [3.8, 4) is 5.75 Å². The molecule has 1 aliphatic heterocycles. The van der Waals surface area contributed by atoms with Gasteiger partial charge in [-0.25, -0.2) is 0 Å². The Hall–Kier alpha value is -1.01. The fourth-order valence-electron chi connectivity index (χ4n) is 2.68. The number of ether oxygens (including phenoxy) is 1. The van der Waals surface area contributed by atoms with E-state index in [1.807, 2.05) is 29.2 Å². The lowest BCUT2D eigenvalue weighted by atomic mass is 10.2. The summed E-state index contributed by atoms with van der Waals surface area (Å²) >= 11 is 0. The maximum Gasteiger partial charge on any atom is 0.253 e. The molecule has 1 saturated heterocycles. The van der Waals surface area contributed by atoms with E-state index in [0.29, 0.717) is 18.7 Å². The highest BCUT2D eigenvalue weighted by molar-refractivity contribution is 5.94. The van der Waals surface area contributed by atoms with Gasteiger partial charge in [-0.1, -0.05) is 13.8 Å². The van der Waals surface area contributed by atoms with E-state index >= 15 is 0 Å². The molecule has 5 nitrogen and oxygen atoms in total. The Morgan fingerprint density at radius 1 is 1.25 bits per heavy atom. The first kappa shape index (κ1) is 23.0. The van der Waals surface area contributed by atoms with E-state index in [1.54, 1.807) is 0 Å². The SMILES string of the molecule is CCN(CC)CCOc1ccc(C(=O)N2CC[C@@H](N)C2)cc1.Cl.Cl. The molecule has 1 heterocycles. The van der Waals surface area contributed by atoms with E-state index in [0.717, 1.165) is 38.3 Å². The third-order valence-corrected chi connectivity index (χ3v) is 4.18. The zero-order valence-electron chi connectivity index (χ0n) is 14.4. The Labute approximate surface area is 157 Å². The molecule has 1 atom stereocenters. The summed E-state index contributed by atoms with van der Waals surface area (Å²) in [6.45, 7) is 9.34. The normalized spacial score (nSPS) is 16.5. The van der Waals surface area contributed by atoms with Crippen molar-refractivity contribution in [2.24, 2.45) is 5.73 Å². The lowest BCUT2D eigenvalue weighted by Gasteiger charge is -2.18. The summed E-state index contributed by atoms with van der Waals surface area (Å²) in [6, 6.07) is 7.51. The van der Waals surface area contributed by atoms with Crippen LogP contribution in [0.4, 0.5) is 0 Å². The molecule has 2 rings (SSSR count). The van der Waals surface area contributed by atoms with Crippen molar-refractivity contribution >= 4 is 30.7 Å². The van der Waals surface area contributed by atoms with E-state index in [2.05, 4.69) is 18.7 Å². The molecular formula is C17H29Cl2N3O2. The first-order valence-corrected chi connectivity index (χ1v) is 8.14. The average Bonchev–Trinajstić information content (AvgIpc) is 2.98. The van der Waals surface area contributed by atoms with Gasteiger partial charge in [0, 0.05) is 31.2 Å². The number of nitrogens with two attached hydrogens (primary N) is 1. The van der Waals surface area contributed by atoms with Crippen molar-refractivity contribution in [1.29, 1.82) is 0 Å². The van der Waals surface area contributed by atoms with Crippen LogP contribution in [0.3, 0.4) is 0 Å². The monoisotopic (exact) mass is 377 g/mol. The molecule has 1 aromatic rings. The van der Waals surface area contributed by atoms with Crippen LogP contribution in [0, 0.1) is 0 Å². The van der Waals surface area contributed by atoms with Crippen LogP contribution in [0.15, 0.2) is 24.3 Å². The summed E-state index contributed by atoms with van der Waals surface area (Å²) in [5, 5.41) is 0. The summed E-state index contributed by atoms with van der Waals surface area (Å²) < 4.78 is 5.73. The Morgan fingerprint density at radius 2 is 1.88 bits per heavy atom. The van der Waals surface area contributed by atoms with Gasteiger partial charge in [0.2, 0.25) is 0 Å². The number of hydrogen-bond acceptors (Lipinski definition) is 4. The van der Waals surface area contributed by atoms with E-state index in [4.69, 9.17) is 10.5 Å². The first-order valence-electron chi connectivity index (χ1n) is 8.14. The Bertz CT molecular complexity index is 481. The van der Waals surface area contributed by atoms with Gasteiger partial charge in [0.15, 0.2) is 0 Å². The fraction of sp³-hybridized carbons (Fsp3) is 0.588. The van der Waals surface area contributed by atoms with Gasteiger partial charge in [-0.05, 0) is 43.8 Å². The van der Waals surface area contributed by atoms with Gasteiger partial charge in [0.1, 0.15) is 12.4 Å². The smallest absolute Gasteiger partial charge is 0.253 e. The number of amides is 1. The van der Waals surface area contributed by atoms with E-state index in [9.17, 15) is 4.79 Å². The molecule has 0 bridgehead atoms. The highest BCUT2D eigenvalue weighted by atomic mass is 35.5. The number of carbonyl (C=O) groups is 1. The zero-order chi connectivity index (χ0) is 15.9. The molecule has 1 amide bonds. The number of benzene rings is 1. The maximum atomic E-state index is 12.3. The summed E-state index contributed by atoms with van der Waals surface area (Å²) in [5.74, 6) is 0.865. The van der Waals surface area contributed by atoms with Gasteiger partial charge in [0.25, 0.3) is 5.91 Å². The van der Waals surface area contributed by atoms with Crippen LogP contribution in [0.5, 0.6) is 5.75 Å². The molecule has 0 saturated carbocycles. The van der Waals surface area contributed by atoms with Crippen LogP contribution < -0.4 is 10.5 Å². The van der Waals surface area contributed by atoms with Crippen LogP contribution in [0.2, 0.25) is 0 Å². The van der Waals surface area contributed by atoms with Gasteiger partial charge in [0.05, 0.1) is 0 Å².